The lowest BCUT2D eigenvalue weighted by molar-refractivity contribution is -0.146. The normalized spacial score (nSPS) is 12.4. The molecule has 1 rings (SSSR count). The summed E-state index contributed by atoms with van der Waals surface area (Å²) in [6.07, 6.45) is 1.03. The van der Waals surface area contributed by atoms with E-state index in [1.165, 1.54) is 0 Å². The van der Waals surface area contributed by atoms with Crippen molar-refractivity contribution in [2.24, 2.45) is 0 Å². The summed E-state index contributed by atoms with van der Waals surface area (Å²) in [6.45, 7) is 0. The molecule has 4 heteroatoms. The molecule has 13 heavy (non-hydrogen) atoms. The highest BCUT2D eigenvalue weighted by Crippen LogP contribution is 2.01. The molecule has 1 unspecified atom stereocenters. The third kappa shape index (κ3) is 3.21. The van der Waals surface area contributed by atoms with E-state index in [-0.39, 0.29) is 6.42 Å². The van der Waals surface area contributed by atoms with Gasteiger partial charge in [0.2, 0.25) is 0 Å². The monoisotopic (exact) mass is 181 g/mol. The largest absolute Gasteiger partial charge is 0.479 e. The molecule has 0 fully saturated rings. The molecule has 1 aromatic rings. The van der Waals surface area contributed by atoms with Gasteiger partial charge in [-0.05, 0) is 25.0 Å². The standard InChI is InChI=1S/C9H11NO3/c11-8(9(12)13)5-4-7-3-1-2-6-10-7/h1-3,6,8,11H,4-5H2,(H,12,13). The number of nitrogens with zero attached hydrogens (tertiary/aromatic N) is 1. The average molecular weight is 181 g/mol. The van der Waals surface area contributed by atoms with Crippen LogP contribution in [0.2, 0.25) is 0 Å². The summed E-state index contributed by atoms with van der Waals surface area (Å²) >= 11 is 0. The number of carboxylic acids is 1. The molecule has 0 amide bonds. The van der Waals surface area contributed by atoms with Gasteiger partial charge in [0.15, 0.2) is 6.10 Å². The van der Waals surface area contributed by atoms with Crippen LogP contribution in [-0.4, -0.2) is 27.3 Å². The quantitative estimate of drug-likeness (QED) is 0.707. The van der Waals surface area contributed by atoms with E-state index in [1.807, 2.05) is 6.07 Å². The molecule has 0 aliphatic heterocycles. The molecule has 0 saturated heterocycles. The highest BCUT2D eigenvalue weighted by Gasteiger charge is 2.12. The second-order valence-electron chi connectivity index (χ2n) is 2.71. The van der Waals surface area contributed by atoms with Gasteiger partial charge < -0.3 is 10.2 Å². The summed E-state index contributed by atoms with van der Waals surface area (Å²) in [5.41, 5.74) is 0.794. The van der Waals surface area contributed by atoms with Crippen molar-refractivity contribution in [2.75, 3.05) is 0 Å². The van der Waals surface area contributed by atoms with E-state index in [9.17, 15) is 4.79 Å². The maximum Gasteiger partial charge on any atom is 0.332 e. The molecule has 2 N–H and O–H groups in total. The van der Waals surface area contributed by atoms with Crippen molar-refractivity contribution in [3.05, 3.63) is 30.1 Å². The first-order valence-corrected chi connectivity index (χ1v) is 4.01. The zero-order valence-corrected chi connectivity index (χ0v) is 7.05. The lowest BCUT2D eigenvalue weighted by Crippen LogP contribution is -2.20. The smallest absolute Gasteiger partial charge is 0.332 e. The van der Waals surface area contributed by atoms with E-state index in [0.717, 1.165) is 5.69 Å². The minimum absolute atomic E-state index is 0.201. The van der Waals surface area contributed by atoms with Gasteiger partial charge in [0.25, 0.3) is 0 Å². The maximum absolute atomic E-state index is 10.3. The van der Waals surface area contributed by atoms with Crippen molar-refractivity contribution in [1.82, 2.24) is 4.98 Å². The molecule has 0 saturated carbocycles. The van der Waals surface area contributed by atoms with Crippen LogP contribution in [0.4, 0.5) is 0 Å². The number of pyridine rings is 1. The topological polar surface area (TPSA) is 70.4 Å². The van der Waals surface area contributed by atoms with Gasteiger partial charge in [-0.25, -0.2) is 4.79 Å². The lowest BCUT2D eigenvalue weighted by Gasteiger charge is -2.03. The summed E-state index contributed by atoms with van der Waals surface area (Å²) in [6, 6.07) is 5.42. The summed E-state index contributed by atoms with van der Waals surface area (Å²) in [7, 11) is 0. The minimum atomic E-state index is -1.29. The fraction of sp³-hybridized carbons (Fsp3) is 0.333. The zero-order valence-electron chi connectivity index (χ0n) is 7.05. The van der Waals surface area contributed by atoms with Crippen LogP contribution < -0.4 is 0 Å². The van der Waals surface area contributed by atoms with Crippen LogP contribution in [0.25, 0.3) is 0 Å². The zero-order chi connectivity index (χ0) is 9.68. The minimum Gasteiger partial charge on any atom is -0.479 e. The Morgan fingerprint density at radius 2 is 2.31 bits per heavy atom. The van der Waals surface area contributed by atoms with Crippen molar-refractivity contribution in [3.63, 3.8) is 0 Å². The Morgan fingerprint density at radius 3 is 2.85 bits per heavy atom. The van der Waals surface area contributed by atoms with E-state index >= 15 is 0 Å². The molecule has 1 heterocycles. The summed E-state index contributed by atoms with van der Waals surface area (Å²) in [4.78, 5) is 14.3. The van der Waals surface area contributed by atoms with Crippen molar-refractivity contribution < 1.29 is 15.0 Å². The molecular weight excluding hydrogens is 170 g/mol. The van der Waals surface area contributed by atoms with E-state index in [2.05, 4.69) is 4.98 Å². The molecule has 0 bridgehead atoms. The third-order valence-corrected chi connectivity index (χ3v) is 1.69. The number of aliphatic hydroxyl groups is 1. The molecular formula is C9H11NO3. The van der Waals surface area contributed by atoms with Gasteiger partial charge in [-0.3, -0.25) is 4.98 Å². The number of aliphatic carboxylic acids is 1. The highest BCUT2D eigenvalue weighted by atomic mass is 16.4. The van der Waals surface area contributed by atoms with E-state index in [0.29, 0.717) is 6.42 Å². The first kappa shape index (κ1) is 9.67. The fourth-order valence-corrected chi connectivity index (χ4v) is 0.954. The summed E-state index contributed by atoms with van der Waals surface area (Å²) in [5, 5.41) is 17.4. The van der Waals surface area contributed by atoms with Gasteiger partial charge in [-0.15, -0.1) is 0 Å². The fourth-order valence-electron chi connectivity index (χ4n) is 0.954. The second-order valence-corrected chi connectivity index (χ2v) is 2.71. The van der Waals surface area contributed by atoms with Crippen molar-refractivity contribution in [1.29, 1.82) is 0 Å². The third-order valence-electron chi connectivity index (χ3n) is 1.69. The Kier molecular flexibility index (Phi) is 3.40. The van der Waals surface area contributed by atoms with E-state index in [1.54, 1.807) is 18.3 Å². The number of aliphatic hydroxyl groups excluding tert-OH is 1. The van der Waals surface area contributed by atoms with Gasteiger partial charge in [0.05, 0.1) is 0 Å². The Hall–Kier alpha value is -1.42. The number of hydrogen-bond donors (Lipinski definition) is 2. The molecule has 0 aliphatic carbocycles. The summed E-state index contributed by atoms with van der Waals surface area (Å²) < 4.78 is 0. The molecule has 1 aromatic heterocycles. The van der Waals surface area contributed by atoms with Crippen LogP contribution in [-0.2, 0) is 11.2 Å². The first-order valence-electron chi connectivity index (χ1n) is 4.01. The van der Waals surface area contributed by atoms with Gasteiger partial charge in [-0.2, -0.15) is 0 Å². The van der Waals surface area contributed by atoms with Crippen LogP contribution in [0.5, 0.6) is 0 Å². The van der Waals surface area contributed by atoms with Crippen molar-refractivity contribution >= 4 is 5.97 Å². The Labute approximate surface area is 75.9 Å². The Balaban J connectivity index is 2.39. The number of aromatic nitrogens is 1. The van der Waals surface area contributed by atoms with Gasteiger partial charge in [-0.1, -0.05) is 6.07 Å². The second kappa shape index (κ2) is 4.57. The Morgan fingerprint density at radius 1 is 1.54 bits per heavy atom. The molecule has 0 aromatic carbocycles. The van der Waals surface area contributed by atoms with Gasteiger partial charge in [0.1, 0.15) is 0 Å². The highest BCUT2D eigenvalue weighted by molar-refractivity contribution is 5.71. The van der Waals surface area contributed by atoms with Gasteiger partial charge >= 0.3 is 5.97 Å². The molecule has 4 nitrogen and oxygen atoms in total. The van der Waals surface area contributed by atoms with Crippen LogP contribution in [0.3, 0.4) is 0 Å². The van der Waals surface area contributed by atoms with E-state index in [4.69, 9.17) is 10.2 Å². The Bertz CT molecular complexity index is 273. The van der Waals surface area contributed by atoms with Crippen LogP contribution >= 0.6 is 0 Å². The number of hydrogen-bond acceptors (Lipinski definition) is 3. The number of carboxylic acid groups (broad SMARTS) is 1. The average Bonchev–Trinajstić information content (AvgIpc) is 2.15. The number of aryl methyl sites for hydroxylation is 1. The van der Waals surface area contributed by atoms with Crippen LogP contribution in [0.1, 0.15) is 12.1 Å². The molecule has 0 spiro atoms. The molecule has 0 radical (unpaired) electrons. The number of carbonyl (C=O) groups is 1. The molecule has 0 aliphatic rings. The molecule has 1 atom stereocenters. The number of rotatable bonds is 4. The SMILES string of the molecule is O=C(O)C(O)CCc1ccccn1. The van der Waals surface area contributed by atoms with Crippen molar-refractivity contribution in [3.8, 4) is 0 Å². The maximum atomic E-state index is 10.3. The van der Waals surface area contributed by atoms with Crippen LogP contribution in [0.15, 0.2) is 24.4 Å². The van der Waals surface area contributed by atoms with Gasteiger partial charge in [0, 0.05) is 11.9 Å². The summed E-state index contributed by atoms with van der Waals surface area (Å²) in [5.74, 6) is -1.18. The predicted molar refractivity (Wildman–Crippen MR) is 46.2 cm³/mol. The first-order chi connectivity index (χ1) is 6.20. The molecule has 70 valence electrons. The predicted octanol–water partition coefficient (Wildman–Crippen LogP) is 0.460. The van der Waals surface area contributed by atoms with Crippen LogP contribution in [0, 0.1) is 0 Å². The lowest BCUT2D eigenvalue weighted by atomic mass is 10.1. The van der Waals surface area contributed by atoms with Crippen molar-refractivity contribution in [2.45, 2.75) is 18.9 Å². The van der Waals surface area contributed by atoms with E-state index < -0.39 is 12.1 Å².